The first-order valence-corrected chi connectivity index (χ1v) is 38.5. The molecular formula is C82H105Cl2N9O22. The molecule has 31 nitrogen and oxygen atoms in total. The molecule has 0 saturated carbocycles. The van der Waals surface area contributed by atoms with E-state index < -0.39 is 143 Å². The van der Waals surface area contributed by atoms with Crippen LogP contribution in [0.3, 0.4) is 0 Å². The fourth-order valence-corrected chi connectivity index (χ4v) is 15.8. The van der Waals surface area contributed by atoms with Gasteiger partial charge in [0, 0.05) is 91.3 Å². The monoisotopic (exact) mass is 1640 g/mol. The largest absolute Gasteiger partial charge is 0.506 e. The Hall–Kier alpha value is -9.70. The number of anilines is 5. The minimum atomic E-state index is -1.85. The highest BCUT2D eigenvalue weighted by Gasteiger charge is 2.66. The lowest BCUT2D eigenvalue weighted by atomic mass is 9.83. The molecule has 11 rings (SSSR count). The van der Waals surface area contributed by atoms with Crippen LogP contribution in [0.2, 0.25) is 10.0 Å². The third kappa shape index (κ3) is 19.2. The van der Waals surface area contributed by atoms with Gasteiger partial charge < -0.3 is 103 Å². The number of likely N-dealkylation sites (N-methyl/N-ethyl adjacent to an activating group) is 2. The van der Waals surface area contributed by atoms with Crippen LogP contribution < -0.4 is 46.3 Å². The van der Waals surface area contributed by atoms with E-state index in [4.69, 9.17) is 86.8 Å². The summed E-state index contributed by atoms with van der Waals surface area (Å²) in [6.07, 6.45) is 1.28. The van der Waals surface area contributed by atoms with Gasteiger partial charge >= 0.3 is 24.1 Å². The maximum Gasteiger partial charge on any atom is 0.409 e. The van der Waals surface area contributed by atoms with E-state index in [0.29, 0.717) is 79.0 Å². The summed E-state index contributed by atoms with van der Waals surface area (Å²) in [6, 6.07) is 13.8. The second kappa shape index (κ2) is 35.8. The molecule has 6 amide bonds. The average molecular weight is 1640 g/mol. The number of hydrogen-bond acceptors (Lipinski definition) is 25. The number of aromatic hydroxyl groups is 1. The molecule has 5 saturated heterocycles. The first kappa shape index (κ1) is 87.7. The molecule has 4 aromatic carbocycles. The van der Waals surface area contributed by atoms with Gasteiger partial charge in [0.15, 0.2) is 11.4 Å². The Morgan fingerprint density at radius 2 is 1.01 bits per heavy atom. The van der Waals surface area contributed by atoms with Crippen molar-refractivity contribution in [2.45, 2.75) is 177 Å². The molecule has 115 heavy (non-hydrogen) atoms. The number of morpholine rings is 1. The number of nitrogens with one attached hydrogen (secondary N) is 2. The smallest absolute Gasteiger partial charge is 0.409 e. The number of alkyl carbamates (subject to hydrolysis) is 2. The van der Waals surface area contributed by atoms with Crippen molar-refractivity contribution in [1.29, 1.82) is 0 Å². The van der Waals surface area contributed by atoms with Crippen LogP contribution in [0.15, 0.2) is 108 Å². The third-order valence-corrected chi connectivity index (χ3v) is 23.6. The second-order valence-corrected chi connectivity index (χ2v) is 31.5. The number of halogens is 2. The van der Waals surface area contributed by atoms with E-state index in [9.17, 15) is 53.7 Å². The summed E-state index contributed by atoms with van der Waals surface area (Å²) in [5.41, 5.74) is 11.6. The summed E-state index contributed by atoms with van der Waals surface area (Å²) in [5.74, 6) is -4.29. The number of ether oxygens (including phenoxy) is 11. The molecule has 0 radical (unpaired) electrons. The topological polar surface area (TPSA) is 398 Å². The van der Waals surface area contributed by atoms with Crippen molar-refractivity contribution in [3.05, 3.63) is 141 Å². The van der Waals surface area contributed by atoms with Gasteiger partial charge in [-0.3, -0.25) is 29.8 Å². The van der Waals surface area contributed by atoms with Crippen LogP contribution in [0.4, 0.5) is 38.0 Å². The van der Waals surface area contributed by atoms with E-state index in [1.165, 1.54) is 89.3 Å². The number of phenolic OH excluding ortho intramolecular Hbond substituents is 1. The lowest BCUT2D eigenvalue weighted by Crippen LogP contribution is -2.63. The number of carbonyl (C=O) groups is 8. The number of benzene rings is 4. The molecule has 624 valence electrons. The molecule has 0 spiro atoms. The summed E-state index contributed by atoms with van der Waals surface area (Å²) in [7, 11) is 11.8. The Kier molecular flexibility index (Phi) is 27.3. The zero-order chi connectivity index (χ0) is 84.2. The number of phenols is 1. The zero-order valence-electron chi connectivity index (χ0n) is 67.5. The van der Waals surface area contributed by atoms with Gasteiger partial charge in [0.1, 0.15) is 87.2 Å². The average Bonchev–Trinajstić information content (AvgIpc) is 1.58. The highest BCUT2D eigenvalue weighted by atomic mass is 35.5. The minimum absolute atomic E-state index is 0.0695. The Morgan fingerprint density at radius 3 is 1.40 bits per heavy atom. The maximum atomic E-state index is 14.3. The summed E-state index contributed by atoms with van der Waals surface area (Å²) in [5, 5.41) is 39.0. The second-order valence-electron chi connectivity index (χ2n) is 30.8. The molecule has 0 aromatic heterocycles. The van der Waals surface area contributed by atoms with E-state index in [2.05, 4.69) is 10.6 Å². The molecule has 33 heteroatoms. The van der Waals surface area contributed by atoms with Gasteiger partial charge in [-0.05, 0) is 126 Å². The predicted molar refractivity (Wildman–Crippen MR) is 427 cm³/mol. The van der Waals surface area contributed by atoms with Crippen molar-refractivity contribution in [2.24, 2.45) is 11.8 Å². The number of esters is 2. The van der Waals surface area contributed by atoms with E-state index in [-0.39, 0.29) is 52.7 Å². The summed E-state index contributed by atoms with van der Waals surface area (Å²) in [4.78, 5) is 117. The number of fused-ring (bicyclic) bond motifs is 10. The molecule has 16 atom stereocenters. The fraction of sp³-hybridized carbons (Fsp3) is 0.512. The first-order chi connectivity index (χ1) is 54.2. The predicted octanol–water partition coefficient (Wildman–Crippen LogP) is 8.36. The zero-order valence-corrected chi connectivity index (χ0v) is 69.0. The number of methoxy groups -OCH3 is 4. The number of hydrogen-bond donors (Lipinski definition) is 7. The van der Waals surface area contributed by atoms with E-state index in [1.807, 2.05) is 30.9 Å². The number of carbonyl (C=O) groups excluding carboxylic acids is 8. The molecule has 7 aliphatic rings. The van der Waals surface area contributed by atoms with Crippen LogP contribution in [0.5, 0.6) is 17.2 Å². The molecule has 9 N–H and O–H groups in total. The molecule has 8 bridgehead atoms. The third-order valence-electron chi connectivity index (χ3n) is 22.8. The Balaban J connectivity index is 0.000000244. The summed E-state index contributed by atoms with van der Waals surface area (Å²) < 4.78 is 64.1. The molecule has 7 heterocycles. The molecule has 0 aliphatic carbocycles. The van der Waals surface area contributed by atoms with E-state index in [0.717, 1.165) is 27.2 Å². The summed E-state index contributed by atoms with van der Waals surface area (Å²) >= 11 is 13.6. The van der Waals surface area contributed by atoms with Crippen LogP contribution in [-0.2, 0) is 74.7 Å². The van der Waals surface area contributed by atoms with E-state index in [1.54, 1.807) is 109 Å². The molecular weight excluding hydrogens is 1530 g/mol. The van der Waals surface area contributed by atoms with Crippen molar-refractivity contribution in [1.82, 2.24) is 20.4 Å². The Labute approximate surface area is 678 Å². The number of aliphatic hydroxyl groups is 2. The van der Waals surface area contributed by atoms with Gasteiger partial charge in [-0.15, -0.1) is 0 Å². The van der Waals surface area contributed by atoms with Gasteiger partial charge in [-0.1, -0.05) is 84.7 Å². The van der Waals surface area contributed by atoms with Gasteiger partial charge in [0.25, 0.3) is 11.8 Å². The Morgan fingerprint density at radius 1 is 0.609 bits per heavy atom. The number of epoxide rings is 2. The standard InChI is InChI=1S/C43H56ClN5O11.C39H49ClN4O11/c1-24-10-9-11-34(56-8)43(54)23-33(58-41(53)46-43)25(2)38-42(4,60-38)35(22-36(50)48(6)31-19-27(18-24)20-32(55-7)37(31)44)59-40(52)26(3)47(5)39(51)28-12-13-29(45)30(21-28)49-14-16-57-17-15-49;1-20-10-9-11-30(52-8)39(50)19-29(53-37(49)42-39)21(2)34-38(4,55-34)31(18-32(46)44(6)26-15-23(14-20)16-28(51-7)33(26)40)54-36(48)22(3)43(5)35(47)24-12-13-25(41)27(45)17-24/h9-13,19-21,25-26,33-35,38,54H,14-18,22-23,45H2,1-8H3,(H,46,53);9-13,15-17,21-22,29-31,34,45,50H,14,18-19,41H2,1-8H3,(H,42,49)/b11-9+,24-10+;11-9+,20-10+/t25-,26+,33+,34-,35+,38+,42+,43+;21-,22+,29+,30-,31+,34+,38+,39+/m11/s1. The van der Waals surface area contributed by atoms with Crippen LogP contribution in [0.25, 0.3) is 0 Å². The number of allylic oxidation sites excluding steroid dienone is 6. The lowest BCUT2D eigenvalue weighted by Gasteiger charge is -2.42. The molecule has 0 unspecified atom stereocenters. The number of nitrogen functional groups attached to an aromatic ring is 2. The molecule has 7 aliphatic heterocycles. The number of nitrogens with zero attached hydrogens (tertiary/aromatic N) is 5. The first-order valence-electron chi connectivity index (χ1n) is 37.8. The van der Waals surface area contributed by atoms with E-state index >= 15 is 0 Å². The Bertz CT molecular complexity index is 4500. The van der Waals surface area contributed by atoms with Crippen molar-refractivity contribution in [2.75, 3.05) is 109 Å². The summed E-state index contributed by atoms with van der Waals surface area (Å²) in [6.45, 7) is 16.1. The van der Waals surface area contributed by atoms with Gasteiger partial charge in [-0.2, -0.15) is 0 Å². The van der Waals surface area contributed by atoms with Crippen LogP contribution in [0.1, 0.15) is 113 Å². The molecule has 4 aromatic rings. The van der Waals surface area contributed by atoms with Crippen molar-refractivity contribution < 1.29 is 106 Å². The maximum absolute atomic E-state index is 14.3. The number of amides is 6. The SMILES string of the molecule is COc1cc2cc(c1Cl)N(C)C(=O)C[C@H](OC(=O)[C@H](C)N(C)C(=O)c1ccc(N)c(N3CCOCC3)c1)[C@]1(C)O[C@H]1[C@H](C)[C@@H]1C[C@@](O)(NC(=O)O1)[C@H](OC)/C=C/C=C(\C)C2.COc1cc2cc(c1Cl)N(C)C(=O)C[C@H](OC(=O)[C@H](C)N(C)C(=O)c1ccc(N)c(O)c1)[C@]1(C)O[C@H]1[C@H](C)[C@@H]1C[C@@](O)(NC(=O)O1)[C@H](OC)/C=C/C=C(\C)C2. The van der Waals surface area contributed by atoms with Crippen LogP contribution >= 0.6 is 23.2 Å². The quantitative estimate of drug-likeness (QED) is 0.0217. The number of nitrogens with two attached hydrogens (primary N) is 2. The van der Waals surface area contributed by atoms with Crippen LogP contribution in [-0.4, -0.2) is 239 Å². The van der Waals surface area contributed by atoms with Gasteiger partial charge in [0.05, 0.1) is 80.9 Å². The highest BCUT2D eigenvalue weighted by Crippen LogP contribution is 2.52. The molecule has 5 fully saturated rings. The van der Waals surface area contributed by atoms with Gasteiger partial charge in [-0.25, -0.2) is 19.2 Å². The lowest BCUT2D eigenvalue weighted by molar-refractivity contribution is -0.159. The van der Waals surface area contributed by atoms with Crippen molar-refractivity contribution in [3.8, 4) is 17.2 Å². The van der Waals surface area contributed by atoms with Gasteiger partial charge in [0.2, 0.25) is 11.8 Å². The minimum Gasteiger partial charge on any atom is -0.506 e. The van der Waals surface area contributed by atoms with Crippen LogP contribution in [0, 0.1) is 11.8 Å². The normalized spacial score (nSPS) is 30.4. The fourth-order valence-electron chi connectivity index (χ4n) is 15.2. The highest BCUT2D eigenvalue weighted by molar-refractivity contribution is 6.36. The van der Waals surface area contributed by atoms with Crippen molar-refractivity contribution >= 4 is 99.4 Å². The van der Waals surface area contributed by atoms with Crippen molar-refractivity contribution in [3.63, 3.8) is 0 Å². The number of rotatable bonds is 13.